The van der Waals surface area contributed by atoms with Crippen molar-refractivity contribution in [3.63, 3.8) is 0 Å². The molecular formula is C12H20N. The van der Waals surface area contributed by atoms with Crippen molar-refractivity contribution in [3.05, 3.63) is 24.0 Å². The zero-order valence-electron chi connectivity index (χ0n) is 8.60. The lowest BCUT2D eigenvalue weighted by Gasteiger charge is -1.98. The van der Waals surface area contributed by atoms with Crippen LogP contribution in [0.2, 0.25) is 0 Å². The molecule has 0 aliphatic rings. The molecule has 0 aliphatic carbocycles. The molecule has 1 aromatic heterocycles. The van der Waals surface area contributed by atoms with Gasteiger partial charge >= 0.3 is 0 Å². The van der Waals surface area contributed by atoms with Crippen LogP contribution >= 0.6 is 0 Å². The van der Waals surface area contributed by atoms with Crippen molar-refractivity contribution in [2.45, 2.75) is 51.9 Å². The first kappa shape index (κ1) is 10.4. The first-order valence-electron chi connectivity index (χ1n) is 5.47. The zero-order chi connectivity index (χ0) is 9.36. The SMILES string of the molecule is CCCCCCCCc1[c][nH]cc1. The fourth-order valence-electron chi connectivity index (χ4n) is 1.56. The number of hydrogen-bond acceptors (Lipinski definition) is 0. The highest BCUT2D eigenvalue weighted by Crippen LogP contribution is 2.08. The third-order valence-electron chi connectivity index (χ3n) is 2.40. The number of aromatic amines is 1. The summed E-state index contributed by atoms with van der Waals surface area (Å²) in [5.74, 6) is 0. The normalized spacial score (nSPS) is 10.5. The molecule has 0 unspecified atom stereocenters. The van der Waals surface area contributed by atoms with Crippen LogP contribution in [0.3, 0.4) is 0 Å². The van der Waals surface area contributed by atoms with Gasteiger partial charge in [0.1, 0.15) is 0 Å². The van der Waals surface area contributed by atoms with Gasteiger partial charge in [-0.05, 0) is 24.5 Å². The maximum absolute atomic E-state index is 3.11. The Kier molecular flexibility index (Phi) is 5.39. The first-order valence-corrected chi connectivity index (χ1v) is 5.47. The third-order valence-corrected chi connectivity index (χ3v) is 2.40. The molecule has 0 spiro atoms. The molecule has 1 N–H and O–H groups in total. The Bertz CT molecular complexity index is 189. The molecule has 1 radical (unpaired) electrons. The second-order valence-corrected chi connectivity index (χ2v) is 3.65. The standard InChI is InChI=1S/C12H20N/c1-2-3-4-5-6-7-8-12-9-10-13-11-12/h9-10,13H,2-8H2,1H3. The van der Waals surface area contributed by atoms with Crippen LogP contribution in [0.1, 0.15) is 51.0 Å². The van der Waals surface area contributed by atoms with Crippen molar-refractivity contribution in [1.82, 2.24) is 4.98 Å². The Morgan fingerprint density at radius 2 is 1.92 bits per heavy atom. The Balaban J connectivity index is 1.90. The van der Waals surface area contributed by atoms with Gasteiger partial charge in [0.25, 0.3) is 0 Å². The second-order valence-electron chi connectivity index (χ2n) is 3.65. The van der Waals surface area contributed by atoms with E-state index in [0.717, 1.165) is 0 Å². The molecule has 0 aromatic carbocycles. The molecule has 1 rings (SSSR count). The van der Waals surface area contributed by atoms with Gasteiger partial charge in [0.2, 0.25) is 0 Å². The molecule has 0 atom stereocenters. The number of H-pyrrole nitrogens is 1. The minimum absolute atomic E-state index is 1.19. The predicted octanol–water partition coefficient (Wildman–Crippen LogP) is 3.72. The number of unbranched alkanes of at least 4 members (excludes halogenated alkanes) is 5. The molecule has 0 aliphatic heterocycles. The van der Waals surface area contributed by atoms with E-state index < -0.39 is 0 Å². The van der Waals surface area contributed by atoms with Gasteiger partial charge in [0, 0.05) is 6.20 Å². The zero-order valence-corrected chi connectivity index (χ0v) is 8.60. The van der Waals surface area contributed by atoms with Crippen LogP contribution in [0.25, 0.3) is 0 Å². The molecule has 73 valence electrons. The molecule has 0 amide bonds. The lowest BCUT2D eigenvalue weighted by atomic mass is 10.1. The monoisotopic (exact) mass is 178 g/mol. The Labute approximate surface area is 81.6 Å². The summed E-state index contributed by atoms with van der Waals surface area (Å²) < 4.78 is 0. The van der Waals surface area contributed by atoms with Crippen LogP contribution in [-0.4, -0.2) is 4.98 Å². The van der Waals surface area contributed by atoms with Crippen LogP contribution in [-0.2, 0) is 6.42 Å². The highest BCUT2D eigenvalue weighted by atomic mass is 14.6. The van der Waals surface area contributed by atoms with Crippen LogP contribution in [0, 0.1) is 6.20 Å². The van der Waals surface area contributed by atoms with Crippen molar-refractivity contribution in [2.24, 2.45) is 0 Å². The highest BCUT2D eigenvalue weighted by Gasteiger charge is 1.93. The Hall–Kier alpha value is -0.720. The largest absolute Gasteiger partial charge is 0.360 e. The van der Waals surface area contributed by atoms with Gasteiger partial charge in [-0.25, -0.2) is 0 Å². The van der Waals surface area contributed by atoms with E-state index in [9.17, 15) is 0 Å². The molecule has 1 heteroatoms. The van der Waals surface area contributed by atoms with Crippen molar-refractivity contribution in [1.29, 1.82) is 0 Å². The fourth-order valence-corrected chi connectivity index (χ4v) is 1.56. The molecule has 1 nitrogen and oxygen atoms in total. The van der Waals surface area contributed by atoms with Crippen molar-refractivity contribution in [2.75, 3.05) is 0 Å². The Morgan fingerprint density at radius 3 is 2.62 bits per heavy atom. The second kappa shape index (κ2) is 6.76. The van der Waals surface area contributed by atoms with Gasteiger partial charge in [0.05, 0.1) is 6.20 Å². The maximum atomic E-state index is 3.11. The quantitative estimate of drug-likeness (QED) is 0.612. The predicted molar refractivity (Wildman–Crippen MR) is 56.7 cm³/mol. The molecule has 1 heterocycles. The summed E-state index contributed by atoms with van der Waals surface area (Å²) in [6, 6.07) is 2.12. The Morgan fingerprint density at radius 1 is 1.15 bits per heavy atom. The number of nitrogens with one attached hydrogen (secondary N) is 1. The van der Waals surface area contributed by atoms with E-state index in [-0.39, 0.29) is 0 Å². The number of aryl methyl sites for hydroxylation is 1. The summed E-state index contributed by atoms with van der Waals surface area (Å²) in [7, 11) is 0. The smallest absolute Gasteiger partial charge is 0.0654 e. The van der Waals surface area contributed by atoms with Crippen molar-refractivity contribution < 1.29 is 0 Å². The molecule has 0 bridgehead atoms. The summed E-state index contributed by atoms with van der Waals surface area (Å²) in [6.45, 7) is 2.26. The summed E-state index contributed by atoms with van der Waals surface area (Å²) in [5, 5.41) is 0. The van der Waals surface area contributed by atoms with E-state index in [0.29, 0.717) is 0 Å². The van der Waals surface area contributed by atoms with Gasteiger partial charge in [-0.3, -0.25) is 0 Å². The van der Waals surface area contributed by atoms with E-state index in [1.807, 2.05) is 6.20 Å². The average Bonchev–Trinajstić information content (AvgIpc) is 2.63. The minimum Gasteiger partial charge on any atom is -0.360 e. The van der Waals surface area contributed by atoms with Gasteiger partial charge in [-0.2, -0.15) is 0 Å². The third kappa shape index (κ3) is 4.76. The lowest BCUT2D eigenvalue weighted by Crippen LogP contribution is -1.83. The number of hydrogen-bond donors (Lipinski definition) is 1. The minimum atomic E-state index is 1.19. The molecular weight excluding hydrogens is 158 g/mol. The van der Waals surface area contributed by atoms with E-state index in [4.69, 9.17) is 0 Å². The summed E-state index contributed by atoms with van der Waals surface area (Å²) in [4.78, 5) is 2.97. The average molecular weight is 178 g/mol. The van der Waals surface area contributed by atoms with Gasteiger partial charge in [-0.1, -0.05) is 39.0 Å². The number of aromatic nitrogens is 1. The van der Waals surface area contributed by atoms with Crippen LogP contribution in [0.5, 0.6) is 0 Å². The summed E-state index contributed by atoms with van der Waals surface area (Å²) in [5.41, 5.74) is 1.33. The molecule has 0 saturated carbocycles. The van der Waals surface area contributed by atoms with Crippen molar-refractivity contribution in [3.8, 4) is 0 Å². The van der Waals surface area contributed by atoms with E-state index in [2.05, 4.69) is 24.2 Å². The van der Waals surface area contributed by atoms with Gasteiger partial charge in [0.15, 0.2) is 0 Å². The van der Waals surface area contributed by atoms with E-state index in [1.54, 1.807) is 0 Å². The molecule has 0 fully saturated rings. The first-order chi connectivity index (χ1) is 6.43. The van der Waals surface area contributed by atoms with Crippen molar-refractivity contribution >= 4 is 0 Å². The summed E-state index contributed by atoms with van der Waals surface area (Å²) >= 11 is 0. The molecule has 1 aromatic rings. The van der Waals surface area contributed by atoms with Crippen LogP contribution < -0.4 is 0 Å². The van der Waals surface area contributed by atoms with E-state index >= 15 is 0 Å². The van der Waals surface area contributed by atoms with Crippen LogP contribution in [0.4, 0.5) is 0 Å². The highest BCUT2D eigenvalue weighted by molar-refractivity contribution is 5.06. The molecule has 0 saturated heterocycles. The molecule has 13 heavy (non-hydrogen) atoms. The lowest BCUT2D eigenvalue weighted by molar-refractivity contribution is 0.607. The topological polar surface area (TPSA) is 15.8 Å². The van der Waals surface area contributed by atoms with Gasteiger partial charge < -0.3 is 4.98 Å². The van der Waals surface area contributed by atoms with E-state index in [1.165, 1.54) is 50.5 Å². The van der Waals surface area contributed by atoms with Crippen LogP contribution in [0.15, 0.2) is 12.3 Å². The number of rotatable bonds is 7. The van der Waals surface area contributed by atoms with Gasteiger partial charge in [-0.15, -0.1) is 0 Å². The summed E-state index contributed by atoms with van der Waals surface area (Å²) in [6.07, 6.45) is 14.5. The fraction of sp³-hybridized carbons (Fsp3) is 0.667. The maximum Gasteiger partial charge on any atom is 0.0654 e.